The zero-order valence-electron chi connectivity index (χ0n) is 17.0. The van der Waals surface area contributed by atoms with Crippen LogP contribution in [0.2, 0.25) is 0 Å². The average Bonchev–Trinajstić information content (AvgIpc) is 3.05. The Morgan fingerprint density at radius 3 is 3.00 bits per heavy atom. The SMILES string of the molecule is COc1ccncc1CCCN1CCC2C(C1)c1cccc3c1N2CCN3C. The van der Waals surface area contributed by atoms with E-state index >= 15 is 0 Å². The number of aryl methyl sites for hydroxylation is 1. The van der Waals surface area contributed by atoms with Crippen molar-refractivity contribution in [3.8, 4) is 5.75 Å². The van der Waals surface area contributed by atoms with E-state index in [0.29, 0.717) is 12.0 Å². The number of hydrogen-bond donors (Lipinski definition) is 0. The molecule has 2 atom stereocenters. The van der Waals surface area contributed by atoms with E-state index in [-0.39, 0.29) is 0 Å². The number of likely N-dealkylation sites (N-methyl/N-ethyl adjacent to an activating group) is 1. The number of para-hydroxylation sites is 1. The molecule has 5 nitrogen and oxygen atoms in total. The summed E-state index contributed by atoms with van der Waals surface area (Å²) in [5.74, 6) is 1.62. The number of pyridine rings is 1. The molecule has 5 rings (SSSR count). The quantitative estimate of drug-likeness (QED) is 0.798. The first-order valence-corrected chi connectivity index (χ1v) is 10.6. The van der Waals surface area contributed by atoms with Gasteiger partial charge in [0.1, 0.15) is 5.75 Å². The summed E-state index contributed by atoms with van der Waals surface area (Å²) in [7, 11) is 3.97. The molecule has 0 aliphatic carbocycles. The van der Waals surface area contributed by atoms with E-state index in [1.807, 2.05) is 12.3 Å². The number of nitrogens with zero attached hydrogens (tertiary/aromatic N) is 4. The number of aromatic nitrogens is 1. The molecular weight excluding hydrogens is 348 g/mol. The Balaban J connectivity index is 1.26. The number of fused-ring (bicyclic) bond motifs is 3. The fourth-order valence-electron chi connectivity index (χ4n) is 5.47. The number of benzene rings is 1. The maximum absolute atomic E-state index is 5.47. The van der Waals surface area contributed by atoms with Gasteiger partial charge < -0.3 is 19.4 Å². The molecule has 4 heterocycles. The van der Waals surface area contributed by atoms with Gasteiger partial charge in [0.05, 0.1) is 18.5 Å². The highest BCUT2D eigenvalue weighted by Crippen LogP contribution is 2.50. The zero-order chi connectivity index (χ0) is 19.1. The van der Waals surface area contributed by atoms with Crippen LogP contribution in [0.1, 0.15) is 29.9 Å². The molecule has 1 saturated heterocycles. The lowest BCUT2D eigenvalue weighted by molar-refractivity contribution is 0.191. The molecule has 5 heteroatoms. The lowest BCUT2D eigenvalue weighted by atomic mass is 9.89. The molecule has 2 unspecified atom stereocenters. The van der Waals surface area contributed by atoms with Crippen molar-refractivity contribution in [1.82, 2.24) is 9.88 Å². The molecule has 1 aromatic carbocycles. The summed E-state index contributed by atoms with van der Waals surface area (Å²) in [6.07, 6.45) is 7.20. The van der Waals surface area contributed by atoms with Crippen LogP contribution >= 0.6 is 0 Å². The first-order valence-electron chi connectivity index (χ1n) is 10.6. The van der Waals surface area contributed by atoms with Gasteiger partial charge in [-0.1, -0.05) is 12.1 Å². The Morgan fingerprint density at radius 2 is 2.11 bits per heavy atom. The second-order valence-electron chi connectivity index (χ2n) is 8.38. The monoisotopic (exact) mass is 378 g/mol. The molecule has 28 heavy (non-hydrogen) atoms. The molecule has 2 aromatic rings. The van der Waals surface area contributed by atoms with Crippen LogP contribution in [-0.4, -0.2) is 62.8 Å². The molecule has 148 valence electrons. The molecule has 1 fully saturated rings. The zero-order valence-corrected chi connectivity index (χ0v) is 17.0. The minimum Gasteiger partial charge on any atom is -0.496 e. The van der Waals surface area contributed by atoms with E-state index in [1.54, 1.807) is 18.9 Å². The molecule has 1 aromatic heterocycles. The van der Waals surface area contributed by atoms with E-state index in [1.165, 1.54) is 43.0 Å². The van der Waals surface area contributed by atoms with Crippen LogP contribution in [0.5, 0.6) is 5.75 Å². The van der Waals surface area contributed by atoms with Crippen LogP contribution in [0.15, 0.2) is 36.7 Å². The Bertz CT molecular complexity index is 854. The van der Waals surface area contributed by atoms with Gasteiger partial charge in [-0.15, -0.1) is 0 Å². The van der Waals surface area contributed by atoms with Crippen molar-refractivity contribution in [2.75, 3.05) is 56.7 Å². The Hall–Kier alpha value is -2.27. The number of piperidine rings is 1. The highest BCUT2D eigenvalue weighted by Gasteiger charge is 2.44. The second kappa shape index (κ2) is 7.28. The predicted molar refractivity (Wildman–Crippen MR) is 114 cm³/mol. The van der Waals surface area contributed by atoms with Gasteiger partial charge in [0.25, 0.3) is 0 Å². The summed E-state index contributed by atoms with van der Waals surface area (Å²) >= 11 is 0. The lowest BCUT2D eigenvalue weighted by Crippen LogP contribution is -2.49. The topological polar surface area (TPSA) is 31.8 Å². The standard InChI is InChI=1S/C23H30N4O/c1-25-13-14-27-20-9-12-26(11-4-5-17-15-24-10-8-22(17)28-2)16-19(20)18-6-3-7-21(25)23(18)27/h3,6-8,10,15,19-20H,4-5,9,11-14,16H2,1-2H3. The first-order chi connectivity index (χ1) is 13.8. The van der Waals surface area contributed by atoms with Gasteiger partial charge in [-0.05, 0) is 43.5 Å². The predicted octanol–water partition coefficient (Wildman–Crippen LogP) is 3.15. The number of hydrogen-bond acceptors (Lipinski definition) is 5. The van der Waals surface area contributed by atoms with Gasteiger partial charge >= 0.3 is 0 Å². The molecule has 0 N–H and O–H groups in total. The summed E-state index contributed by atoms with van der Waals surface area (Å²) in [5, 5.41) is 0. The van der Waals surface area contributed by atoms with Crippen molar-refractivity contribution in [2.24, 2.45) is 0 Å². The van der Waals surface area contributed by atoms with Crippen molar-refractivity contribution in [3.63, 3.8) is 0 Å². The van der Waals surface area contributed by atoms with Gasteiger partial charge in [0.15, 0.2) is 0 Å². The molecule has 0 spiro atoms. The molecular formula is C23H30N4O. The van der Waals surface area contributed by atoms with Crippen molar-refractivity contribution in [1.29, 1.82) is 0 Å². The van der Waals surface area contributed by atoms with Crippen molar-refractivity contribution in [3.05, 3.63) is 47.8 Å². The van der Waals surface area contributed by atoms with Crippen LogP contribution in [0, 0.1) is 0 Å². The number of likely N-dealkylation sites (tertiary alicyclic amines) is 1. The van der Waals surface area contributed by atoms with Crippen LogP contribution in [0.3, 0.4) is 0 Å². The third-order valence-electron chi connectivity index (χ3n) is 6.88. The number of methoxy groups -OCH3 is 1. The minimum atomic E-state index is 0.656. The third-order valence-corrected chi connectivity index (χ3v) is 6.88. The summed E-state index contributed by atoms with van der Waals surface area (Å²) in [4.78, 5) is 12.1. The smallest absolute Gasteiger partial charge is 0.125 e. The van der Waals surface area contributed by atoms with Crippen LogP contribution < -0.4 is 14.5 Å². The van der Waals surface area contributed by atoms with E-state index in [0.717, 1.165) is 31.7 Å². The minimum absolute atomic E-state index is 0.656. The van der Waals surface area contributed by atoms with Crippen molar-refractivity contribution in [2.45, 2.75) is 31.2 Å². The molecule has 3 aliphatic heterocycles. The van der Waals surface area contributed by atoms with Gasteiger partial charge in [0, 0.05) is 63.1 Å². The van der Waals surface area contributed by atoms with Gasteiger partial charge in [-0.25, -0.2) is 0 Å². The van der Waals surface area contributed by atoms with E-state index in [9.17, 15) is 0 Å². The fraction of sp³-hybridized carbons (Fsp3) is 0.522. The van der Waals surface area contributed by atoms with Gasteiger partial charge in [-0.2, -0.15) is 0 Å². The summed E-state index contributed by atoms with van der Waals surface area (Å²) in [5.41, 5.74) is 5.74. The van der Waals surface area contributed by atoms with Crippen LogP contribution in [-0.2, 0) is 6.42 Å². The second-order valence-corrected chi connectivity index (χ2v) is 8.38. The fourth-order valence-corrected chi connectivity index (χ4v) is 5.47. The highest BCUT2D eigenvalue weighted by molar-refractivity contribution is 5.80. The summed E-state index contributed by atoms with van der Waals surface area (Å²) in [6, 6.07) is 9.58. The van der Waals surface area contributed by atoms with Gasteiger partial charge in [0.2, 0.25) is 0 Å². The third kappa shape index (κ3) is 2.93. The lowest BCUT2D eigenvalue weighted by Gasteiger charge is -2.41. The number of rotatable bonds is 5. The summed E-state index contributed by atoms with van der Waals surface area (Å²) < 4.78 is 5.47. The van der Waals surface area contributed by atoms with E-state index < -0.39 is 0 Å². The van der Waals surface area contributed by atoms with Crippen LogP contribution in [0.25, 0.3) is 0 Å². The van der Waals surface area contributed by atoms with E-state index in [2.05, 4.69) is 44.9 Å². The van der Waals surface area contributed by atoms with Crippen molar-refractivity contribution >= 4 is 11.4 Å². The Kier molecular flexibility index (Phi) is 4.63. The highest BCUT2D eigenvalue weighted by atomic mass is 16.5. The largest absolute Gasteiger partial charge is 0.496 e. The molecule has 0 bridgehead atoms. The molecule has 0 amide bonds. The number of ether oxygens (including phenoxy) is 1. The normalized spacial score (nSPS) is 23.5. The van der Waals surface area contributed by atoms with E-state index in [4.69, 9.17) is 4.74 Å². The first kappa shape index (κ1) is 17.8. The number of anilines is 2. The molecule has 0 radical (unpaired) electrons. The Labute approximate surface area is 167 Å². The van der Waals surface area contributed by atoms with Gasteiger partial charge in [-0.3, -0.25) is 4.98 Å². The molecule has 0 saturated carbocycles. The molecule has 3 aliphatic rings. The van der Waals surface area contributed by atoms with Crippen LogP contribution in [0.4, 0.5) is 11.4 Å². The Morgan fingerprint density at radius 1 is 1.18 bits per heavy atom. The maximum atomic E-state index is 5.47. The average molecular weight is 379 g/mol. The summed E-state index contributed by atoms with van der Waals surface area (Å²) in [6.45, 7) is 5.85. The maximum Gasteiger partial charge on any atom is 0.125 e. The van der Waals surface area contributed by atoms with Crippen molar-refractivity contribution < 1.29 is 4.74 Å².